The van der Waals surface area contributed by atoms with Gasteiger partial charge in [0, 0.05) is 10.1 Å². The average Bonchev–Trinajstić information content (AvgIpc) is 2.71. The summed E-state index contributed by atoms with van der Waals surface area (Å²) in [5, 5.41) is 9.69. The lowest BCUT2D eigenvalue weighted by Crippen LogP contribution is -1.96. The molecule has 4 heteroatoms. The first-order valence-corrected chi connectivity index (χ1v) is 5.09. The number of methoxy groups -OCH3 is 1. The van der Waals surface area contributed by atoms with Gasteiger partial charge in [-0.3, -0.25) is 0 Å². The molecule has 15 heavy (non-hydrogen) atoms. The summed E-state index contributed by atoms with van der Waals surface area (Å²) in [7, 11) is 1.35. The smallest absolute Gasteiger partial charge is 0.348 e. The second kappa shape index (κ2) is 3.71. The number of nitriles is 1. The minimum atomic E-state index is -0.361. The van der Waals surface area contributed by atoms with Crippen molar-refractivity contribution in [3.05, 3.63) is 34.7 Å². The van der Waals surface area contributed by atoms with Crippen LogP contribution in [0.4, 0.5) is 0 Å². The van der Waals surface area contributed by atoms with Crippen LogP contribution in [0.15, 0.2) is 24.3 Å². The van der Waals surface area contributed by atoms with Gasteiger partial charge in [-0.25, -0.2) is 4.79 Å². The molecular weight excluding hydrogens is 210 g/mol. The van der Waals surface area contributed by atoms with E-state index in [9.17, 15) is 4.79 Å². The van der Waals surface area contributed by atoms with Crippen LogP contribution >= 0.6 is 11.3 Å². The Hall–Kier alpha value is -1.86. The molecule has 0 fully saturated rings. The van der Waals surface area contributed by atoms with Crippen LogP contribution in [-0.4, -0.2) is 13.1 Å². The zero-order valence-corrected chi connectivity index (χ0v) is 8.80. The molecule has 74 valence electrons. The van der Waals surface area contributed by atoms with Crippen molar-refractivity contribution in [2.24, 2.45) is 0 Å². The summed E-state index contributed by atoms with van der Waals surface area (Å²) in [6.07, 6.45) is 0. The number of fused-ring (bicyclic) bond motifs is 1. The van der Waals surface area contributed by atoms with Gasteiger partial charge in [-0.15, -0.1) is 11.3 Å². The van der Waals surface area contributed by atoms with Gasteiger partial charge in [-0.05, 0) is 18.2 Å². The van der Waals surface area contributed by atoms with Crippen molar-refractivity contribution in [2.45, 2.75) is 0 Å². The van der Waals surface area contributed by atoms with Crippen LogP contribution in [0.5, 0.6) is 0 Å². The number of esters is 1. The molecule has 0 aliphatic heterocycles. The van der Waals surface area contributed by atoms with Crippen molar-refractivity contribution < 1.29 is 9.53 Å². The maximum atomic E-state index is 11.3. The number of hydrogen-bond donors (Lipinski definition) is 0. The summed E-state index contributed by atoms with van der Waals surface area (Å²) in [6, 6.07) is 9.21. The van der Waals surface area contributed by atoms with Gasteiger partial charge in [-0.2, -0.15) is 5.26 Å². The first kappa shape index (κ1) is 9.69. The number of benzene rings is 1. The van der Waals surface area contributed by atoms with E-state index in [1.807, 2.05) is 6.07 Å². The molecule has 2 rings (SSSR count). The first-order valence-electron chi connectivity index (χ1n) is 4.27. The molecule has 0 amide bonds. The number of nitrogens with zero attached hydrogens (tertiary/aromatic N) is 1. The number of thiophene rings is 1. The molecule has 0 aliphatic carbocycles. The van der Waals surface area contributed by atoms with Gasteiger partial charge in [0.15, 0.2) is 0 Å². The Kier molecular flexibility index (Phi) is 2.40. The minimum Gasteiger partial charge on any atom is -0.465 e. The van der Waals surface area contributed by atoms with E-state index < -0.39 is 0 Å². The van der Waals surface area contributed by atoms with E-state index in [4.69, 9.17) is 5.26 Å². The van der Waals surface area contributed by atoms with E-state index >= 15 is 0 Å². The molecule has 2 aromatic rings. The molecule has 1 heterocycles. The lowest BCUT2D eigenvalue weighted by atomic mass is 10.1. The highest BCUT2D eigenvalue weighted by Crippen LogP contribution is 2.28. The lowest BCUT2D eigenvalue weighted by molar-refractivity contribution is 0.0606. The number of carbonyl (C=O) groups is 1. The van der Waals surface area contributed by atoms with Gasteiger partial charge < -0.3 is 4.74 Å². The fourth-order valence-corrected chi connectivity index (χ4v) is 2.37. The zero-order valence-electron chi connectivity index (χ0n) is 7.98. The Morgan fingerprint density at radius 1 is 1.53 bits per heavy atom. The Bertz CT molecular complexity index is 565. The summed E-state index contributed by atoms with van der Waals surface area (Å²) >= 11 is 1.33. The molecule has 3 nitrogen and oxygen atoms in total. The van der Waals surface area contributed by atoms with Gasteiger partial charge in [0.2, 0.25) is 0 Å². The van der Waals surface area contributed by atoms with Crippen LogP contribution in [0.25, 0.3) is 10.1 Å². The quantitative estimate of drug-likeness (QED) is 0.690. The van der Waals surface area contributed by atoms with E-state index in [1.165, 1.54) is 18.4 Å². The molecule has 0 atom stereocenters. The molecule has 0 aliphatic rings. The van der Waals surface area contributed by atoms with Gasteiger partial charge in [-0.1, -0.05) is 6.07 Å². The Morgan fingerprint density at radius 2 is 2.33 bits per heavy atom. The highest BCUT2D eigenvalue weighted by atomic mass is 32.1. The van der Waals surface area contributed by atoms with Crippen LogP contribution in [0, 0.1) is 11.3 Å². The third-order valence-corrected chi connectivity index (χ3v) is 3.15. The van der Waals surface area contributed by atoms with E-state index in [1.54, 1.807) is 18.2 Å². The number of rotatable bonds is 1. The van der Waals surface area contributed by atoms with Crippen LogP contribution < -0.4 is 0 Å². The fourth-order valence-electron chi connectivity index (χ4n) is 1.36. The molecule has 0 N–H and O–H groups in total. The molecule has 1 aromatic heterocycles. The Morgan fingerprint density at radius 3 is 3.00 bits per heavy atom. The van der Waals surface area contributed by atoms with Gasteiger partial charge in [0.1, 0.15) is 4.88 Å². The maximum absolute atomic E-state index is 11.3. The zero-order chi connectivity index (χ0) is 10.8. The monoisotopic (exact) mass is 217 g/mol. The predicted molar refractivity (Wildman–Crippen MR) is 57.9 cm³/mol. The summed E-state index contributed by atoms with van der Waals surface area (Å²) in [4.78, 5) is 11.8. The summed E-state index contributed by atoms with van der Waals surface area (Å²) in [5.41, 5.74) is 0.582. The van der Waals surface area contributed by atoms with Crippen LogP contribution in [0.3, 0.4) is 0 Å². The minimum absolute atomic E-state index is 0.361. The SMILES string of the molecule is COC(=O)c1cc2c(C#N)cccc2s1. The fraction of sp³-hybridized carbons (Fsp3) is 0.0909. The molecule has 0 radical (unpaired) electrons. The van der Waals surface area contributed by atoms with E-state index in [0.717, 1.165) is 10.1 Å². The lowest BCUT2D eigenvalue weighted by Gasteiger charge is -1.90. The second-order valence-electron chi connectivity index (χ2n) is 2.93. The molecular formula is C11H7NO2S. The molecule has 0 saturated carbocycles. The van der Waals surface area contributed by atoms with Crippen molar-refractivity contribution in [1.82, 2.24) is 0 Å². The second-order valence-corrected chi connectivity index (χ2v) is 4.02. The summed E-state index contributed by atoms with van der Waals surface area (Å²) < 4.78 is 5.55. The molecule has 0 spiro atoms. The van der Waals surface area contributed by atoms with E-state index in [-0.39, 0.29) is 5.97 Å². The first-order chi connectivity index (χ1) is 7.26. The molecule has 0 unspecified atom stereocenters. The van der Waals surface area contributed by atoms with E-state index in [2.05, 4.69) is 10.8 Å². The van der Waals surface area contributed by atoms with Crippen molar-refractivity contribution in [2.75, 3.05) is 7.11 Å². The number of ether oxygens (including phenoxy) is 1. The molecule has 0 saturated heterocycles. The average molecular weight is 217 g/mol. The highest BCUT2D eigenvalue weighted by molar-refractivity contribution is 7.20. The summed E-state index contributed by atoms with van der Waals surface area (Å²) in [6.45, 7) is 0. The number of hydrogen-bond acceptors (Lipinski definition) is 4. The number of carbonyl (C=O) groups excluding carboxylic acids is 1. The van der Waals surface area contributed by atoms with Crippen LogP contribution in [0.2, 0.25) is 0 Å². The summed E-state index contributed by atoms with van der Waals surface area (Å²) in [5.74, 6) is -0.361. The van der Waals surface area contributed by atoms with Gasteiger partial charge in [0.05, 0.1) is 18.7 Å². The standard InChI is InChI=1S/C11H7NO2S/c1-14-11(13)10-5-8-7(6-12)3-2-4-9(8)15-10/h2-5H,1H3. The molecule has 0 bridgehead atoms. The van der Waals surface area contributed by atoms with Crippen LogP contribution in [0.1, 0.15) is 15.2 Å². The molecule has 1 aromatic carbocycles. The third kappa shape index (κ3) is 1.58. The van der Waals surface area contributed by atoms with Crippen molar-refractivity contribution in [1.29, 1.82) is 5.26 Å². The normalized spacial score (nSPS) is 9.87. The third-order valence-electron chi connectivity index (χ3n) is 2.07. The maximum Gasteiger partial charge on any atom is 0.348 e. The van der Waals surface area contributed by atoms with Crippen molar-refractivity contribution >= 4 is 27.4 Å². The highest BCUT2D eigenvalue weighted by Gasteiger charge is 2.11. The predicted octanol–water partition coefficient (Wildman–Crippen LogP) is 2.56. The van der Waals surface area contributed by atoms with Gasteiger partial charge in [0.25, 0.3) is 0 Å². The van der Waals surface area contributed by atoms with Crippen molar-refractivity contribution in [3.8, 4) is 6.07 Å². The van der Waals surface area contributed by atoms with Gasteiger partial charge >= 0.3 is 5.97 Å². The van der Waals surface area contributed by atoms with Crippen LogP contribution in [-0.2, 0) is 4.74 Å². The largest absolute Gasteiger partial charge is 0.465 e. The van der Waals surface area contributed by atoms with E-state index in [0.29, 0.717) is 10.4 Å². The topological polar surface area (TPSA) is 50.1 Å². The Balaban J connectivity index is 2.66. The van der Waals surface area contributed by atoms with Crippen molar-refractivity contribution in [3.63, 3.8) is 0 Å². The Labute approximate surface area is 90.5 Å².